The number of hydrogen-bond acceptors (Lipinski definition) is 8. The van der Waals surface area contributed by atoms with E-state index in [0.717, 1.165) is 16.2 Å². The minimum Gasteiger partial charge on any atom is -0.503 e. The quantitative estimate of drug-likeness (QED) is 0.199. The van der Waals surface area contributed by atoms with Crippen molar-refractivity contribution in [3.05, 3.63) is 107 Å². The van der Waals surface area contributed by atoms with Gasteiger partial charge in [0.1, 0.15) is 11.6 Å². The Morgan fingerprint density at radius 1 is 1.09 bits per heavy atom. The van der Waals surface area contributed by atoms with Crippen LogP contribution < -0.4 is 4.90 Å². The third-order valence-electron chi connectivity index (χ3n) is 5.29. The maximum absolute atomic E-state index is 13.9. The molecule has 1 aliphatic rings. The molecular formula is C24H15F2N3O4S2. The number of nitrogens with zero attached hydrogens (tertiary/aromatic N) is 3. The summed E-state index contributed by atoms with van der Waals surface area (Å²) in [6.45, 7) is 0. The number of Topliss-reactive ketones (excluding diaryl/α,β-unsaturated/α-hetero) is 1. The van der Waals surface area contributed by atoms with Crippen molar-refractivity contribution in [2.75, 3.05) is 4.90 Å². The Labute approximate surface area is 205 Å². The molecule has 5 rings (SSSR count). The van der Waals surface area contributed by atoms with Gasteiger partial charge in [-0.15, -0.1) is 10.2 Å². The number of ketones is 1. The number of carbonyl (C=O) groups excluding carboxylic acids is 2. The number of hydrogen-bond donors (Lipinski definition) is 1. The van der Waals surface area contributed by atoms with E-state index in [1.54, 1.807) is 18.2 Å². The first kappa shape index (κ1) is 22.9. The van der Waals surface area contributed by atoms with Gasteiger partial charge in [0, 0.05) is 5.75 Å². The van der Waals surface area contributed by atoms with Crippen molar-refractivity contribution in [2.45, 2.75) is 16.1 Å². The standard InChI is InChI=1S/C24H15F2N3O4S2/c25-15-9-7-13(8-10-15)19-18(20(30)17-6-3-11-33-17)21(31)22(32)29(19)23-27-28-24(35-23)34-12-14-4-1-2-5-16(14)26/h1-11,19,31H,12H2. The molecule has 0 saturated carbocycles. The second kappa shape index (κ2) is 9.43. The van der Waals surface area contributed by atoms with Crippen molar-refractivity contribution in [1.82, 2.24) is 10.2 Å². The molecule has 7 nitrogen and oxygen atoms in total. The van der Waals surface area contributed by atoms with Crippen LogP contribution in [0.2, 0.25) is 0 Å². The van der Waals surface area contributed by atoms with E-state index < -0.39 is 29.3 Å². The summed E-state index contributed by atoms with van der Waals surface area (Å²) in [6, 6.07) is 13.4. The molecule has 2 aromatic heterocycles. The number of rotatable bonds is 7. The van der Waals surface area contributed by atoms with Crippen LogP contribution in [0, 0.1) is 11.6 Å². The lowest BCUT2D eigenvalue weighted by Gasteiger charge is -2.23. The normalized spacial score (nSPS) is 15.8. The zero-order chi connectivity index (χ0) is 24.5. The molecule has 1 unspecified atom stereocenters. The minimum atomic E-state index is -1.09. The fourth-order valence-electron chi connectivity index (χ4n) is 3.65. The Hall–Kier alpha value is -3.83. The van der Waals surface area contributed by atoms with E-state index in [2.05, 4.69) is 10.2 Å². The number of thioether (sulfide) groups is 1. The van der Waals surface area contributed by atoms with Crippen molar-refractivity contribution >= 4 is 39.9 Å². The summed E-state index contributed by atoms with van der Waals surface area (Å²) in [7, 11) is 0. The van der Waals surface area contributed by atoms with Gasteiger partial charge in [-0.2, -0.15) is 0 Å². The molecule has 1 N–H and O–H groups in total. The molecule has 0 fully saturated rings. The summed E-state index contributed by atoms with van der Waals surface area (Å²) in [6.07, 6.45) is 1.30. The molecule has 3 heterocycles. The van der Waals surface area contributed by atoms with E-state index in [1.165, 1.54) is 60.5 Å². The van der Waals surface area contributed by atoms with Gasteiger partial charge in [0.15, 0.2) is 15.9 Å². The van der Waals surface area contributed by atoms with Gasteiger partial charge in [-0.05, 0) is 41.5 Å². The number of aromatic nitrogens is 2. The first-order valence-corrected chi connectivity index (χ1v) is 12.0. The predicted molar refractivity (Wildman–Crippen MR) is 125 cm³/mol. The van der Waals surface area contributed by atoms with Crippen molar-refractivity contribution in [1.29, 1.82) is 0 Å². The van der Waals surface area contributed by atoms with E-state index in [-0.39, 0.29) is 22.3 Å². The maximum atomic E-state index is 13.9. The Morgan fingerprint density at radius 3 is 2.57 bits per heavy atom. The average molecular weight is 512 g/mol. The lowest BCUT2D eigenvalue weighted by atomic mass is 9.95. The van der Waals surface area contributed by atoms with Gasteiger partial charge in [-0.3, -0.25) is 14.5 Å². The number of amides is 1. The lowest BCUT2D eigenvalue weighted by molar-refractivity contribution is -0.117. The lowest BCUT2D eigenvalue weighted by Crippen LogP contribution is -2.31. The zero-order valence-corrected chi connectivity index (χ0v) is 19.4. The van der Waals surface area contributed by atoms with Crippen molar-refractivity contribution in [3.8, 4) is 0 Å². The highest BCUT2D eigenvalue weighted by Gasteiger charge is 2.46. The minimum absolute atomic E-state index is 0.0632. The van der Waals surface area contributed by atoms with Crippen molar-refractivity contribution in [2.24, 2.45) is 0 Å². The van der Waals surface area contributed by atoms with Gasteiger partial charge in [0.05, 0.1) is 17.9 Å². The molecule has 176 valence electrons. The molecule has 0 saturated heterocycles. The second-order valence-corrected chi connectivity index (χ2v) is 9.61. The summed E-state index contributed by atoms with van der Waals surface area (Å²) >= 11 is 2.28. The topological polar surface area (TPSA) is 96.5 Å². The van der Waals surface area contributed by atoms with Crippen LogP contribution in [-0.4, -0.2) is 27.0 Å². The Kier molecular flexibility index (Phi) is 6.18. The number of aliphatic hydroxyl groups is 1. The van der Waals surface area contributed by atoms with Crippen LogP contribution in [0.15, 0.2) is 87.0 Å². The Morgan fingerprint density at radius 2 is 1.86 bits per heavy atom. The molecule has 35 heavy (non-hydrogen) atoms. The number of carbonyl (C=O) groups is 2. The molecule has 0 spiro atoms. The fraction of sp³-hybridized carbons (Fsp3) is 0.0833. The number of halogens is 2. The summed E-state index contributed by atoms with van der Waals surface area (Å²) in [5.41, 5.74) is 0.656. The van der Waals surface area contributed by atoms with Gasteiger partial charge in [0.25, 0.3) is 5.91 Å². The summed E-state index contributed by atoms with van der Waals surface area (Å²) < 4.78 is 33.2. The van der Waals surface area contributed by atoms with E-state index >= 15 is 0 Å². The molecule has 2 aromatic carbocycles. The average Bonchev–Trinajstić information content (AvgIpc) is 3.60. The molecule has 1 aliphatic heterocycles. The molecule has 4 aromatic rings. The van der Waals surface area contributed by atoms with E-state index in [0.29, 0.717) is 21.2 Å². The third kappa shape index (κ3) is 4.35. The summed E-state index contributed by atoms with van der Waals surface area (Å²) in [4.78, 5) is 27.4. The highest BCUT2D eigenvalue weighted by atomic mass is 32.2. The highest BCUT2D eigenvalue weighted by Crippen LogP contribution is 2.44. The summed E-state index contributed by atoms with van der Waals surface area (Å²) in [5, 5.41) is 19.0. The molecular weight excluding hydrogens is 496 g/mol. The first-order valence-electron chi connectivity index (χ1n) is 10.2. The maximum Gasteiger partial charge on any atom is 0.296 e. The van der Waals surface area contributed by atoms with Gasteiger partial charge < -0.3 is 9.52 Å². The van der Waals surface area contributed by atoms with Gasteiger partial charge in [0.2, 0.25) is 10.9 Å². The van der Waals surface area contributed by atoms with Crippen LogP contribution in [-0.2, 0) is 10.5 Å². The summed E-state index contributed by atoms with van der Waals surface area (Å²) in [5.74, 6) is -2.90. The first-order chi connectivity index (χ1) is 16.9. The molecule has 0 aliphatic carbocycles. The van der Waals surface area contributed by atoms with E-state index in [4.69, 9.17) is 4.42 Å². The Bertz CT molecular complexity index is 1440. The predicted octanol–water partition coefficient (Wildman–Crippen LogP) is 5.48. The number of anilines is 1. The van der Waals surface area contributed by atoms with Crippen LogP contribution in [0.1, 0.15) is 27.7 Å². The van der Waals surface area contributed by atoms with E-state index in [9.17, 15) is 23.5 Å². The molecule has 0 bridgehead atoms. The molecule has 0 radical (unpaired) electrons. The number of benzene rings is 2. The smallest absolute Gasteiger partial charge is 0.296 e. The fourth-order valence-corrected chi connectivity index (χ4v) is 5.50. The van der Waals surface area contributed by atoms with Gasteiger partial charge in [-0.1, -0.05) is 53.4 Å². The molecule has 1 amide bonds. The van der Waals surface area contributed by atoms with E-state index in [1.807, 2.05) is 0 Å². The zero-order valence-electron chi connectivity index (χ0n) is 17.7. The van der Waals surface area contributed by atoms with Crippen LogP contribution in [0.5, 0.6) is 0 Å². The Balaban J connectivity index is 1.49. The van der Waals surface area contributed by atoms with Crippen LogP contribution in [0.3, 0.4) is 0 Å². The van der Waals surface area contributed by atoms with Gasteiger partial charge in [-0.25, -0.2) is 8.78 Å². The van der Waals surface area contributed by atoms with Gasteiger partial charge >= 0.3 is 0 Å². The van der Waals surface area contributed by atoms with Crippen molar-refractivity contribution < 1.29 is 27.9 Å². The third-order valence-corrected chi connectivity index (χ3v) is 7.40. The number of furan rings is 1. The monoisotopic (exact) mass is 511 g/mol. The molecule has 1 atom stereocenters. The van der Waals surface area contributed by atoms with Crippen LogP contribution in [0.25, 0.3) is 0 Å². The number of aliphatic hydroxyl groups excluding tert-OH is 1. The largest absolute Gasteiger partial charge is 0.503 e. The van der Waals surface area contributed by atoms with Crippen LogP contribution in [0.4, 0.5) is 13.9 Å². The van der Waals surface area contributed by atoms with Crippen molar-refractivity contribution in [3.63, 3.8) is 0 Å². The molecule has 11 heteroatoms. The highest BCUT2D eigenvalue weighted by molar-refractivity contribution is 8.00. The second-order valence-electron chi connectivity index (χ2n) is 7.43. The SMILES string of the molecule is O=C(C1=C(O)C(=O)N(c2nnc(SCc3ccccc3F)s2)C1c1ccc(F)cc1)c1ccco1. The van der Waals surface area contributed by atoms with Crippen LogP contribution >= 0.6 is 23.1 Å².